The van der Waals surface area contributed by atoms with Gasteiger partial charge in [0.2, 0.25) is 0 Å². The lowest BCUT2D eigenvalue weighted by molar-refractivity contribution is 0.140. The summed E-state index contributed by atoms with van der Waals surface area (Å²) in [5, 5.41) is 9.73. The van der Waals surface area contributed by atoms with Crippen LogP contribution >= 0.6 is 0 Å². The van der Waals surface area contributed by atoms with Gasteiger partial charge in [0.25, 0.3) is 0 Å². The van der Waals surface area contributed by atoms with Gasteiger partial charge in [-0.1, -0.05) is 85.6 Å². The quantitative estimate of drug-likeness (QED) is 0.504. The molecule has 3 aromatic rings. The molecule has 1 saturated heterocycles. The van der Waals surface area contributed by atoms with Crippen LogP contribution in [-0.2, 0) is 0 Å². The number of aliphatic imine (C=N–C) groups is 1. The summed E-state index contributed by atoms with van der Waals surface area (Å²) in [7, 11) is 0. The second-order valence-corrected chi connectivity index (χ2v) is 8.03. The molecule has 0 saturated carbocycles. The summed E-state index contributed by atoms with van der Waals surface area (Å²) in [6, 6.07) is 29.6. The Morgan fingerprint density at radius 3 is 2.43 bits per heavy atom. The van der Waals surface area contributed by atoms with Crippen LogP contribution in [0.3, 0.4) is 0 Å². The zero-order valence-electron chi connectivity index (χ0n) is 17.4. The van der Waals surface area contributed by atoms with Gasteiger partial charge in [0.1, 0.15) is 5.75 Å². The molecular weight excluding hydrogens is 368 g/mol. The summed E-state index contributed by atoms with van der Waals surface area (Å²) in [6.07, 6.45) is 6.84. The van der Waals surface area contributed by atoms with Gasteiger partial charge >= 0.3 is 0 Å². The molecule has 0 bridgehead atoms. The van der Waals surface area contributed by atoms with Gasteiger partial charge < -0.3 is 5.11 Å². The van der Waals surface area contributed by atoms with Gasteiger partial charge in [0.15, 0.2) is 0 Å². The highest BCUT2D eigenvalue weighted by Gasteiger charge is 2.29. The Morgan fingerprint density at radius 1 is 0.900 bits per heavy atom. The normalized spacial score (nSPS) is 18.9. The van der Waals surface area contributed by atoms with Crippen molar-refractivity contribution in [1.82, 2.24) is 4.90 Å². The average molecular weight is 399 g/mol. The van der Waals surface area contributed by atoms with Crippen LogP contribution in [0.1, 0.15) is 54.5 Å². The monoisotopic (exact) mass is 398 g/mol. The Balaban J connectivity index is 1.63. The molecule has 0 spiro atoms. The SMILES string of the molecule is Oc1cccc(/C=N/C[C@@H](c2ccccc2)N2CCCCC[C@H]2c2ccccc2)c1. The minimum absolute atomic E-state index is 0.225. The summed E-state index contributed by atoms with van der Waals surface area (Å²) in [5.41, 5.74) is 3.64. The number of nitrogens with zero attached hydrogens (tertiary/aromatic N) is 2. The van der Waals surface area contributed by atoms with E-state index >= 15 is 0 Å². The van der Waals surface area contributed by atoms with Crippen molar-refractivity contribution in [3.05, 3.63) is 102 Å². The van der Waals surface area contributed by atoms with Gasteiger partial charge in [-0.2, -0.15) is 0 Å². The van der Waals surface area contributed by atoms with Crippen molar-refractivity contribution in [2.75, 3.05) is 13.1 Å². The van der Waals surface area contributed by atoms with E-state index in [2.05, 4.69) is 65.6 Å². The lowest BCUT2D eigenvalue weighted by Crippen LogP contribution is -2.34. The first kappa shape index (κ1) is 20.4. The molecule has 0 aromatic heterocycles. The predicted molar refractivity (Wildman–Crippen MR) is 124 cm³/mol. The predicted octanol–water partition coefficient (Wildman–Crippen LogP) is 6.17. The highest BCUT2D eigenvalue weighted by molar-refractivity contribution is 5.80. The molecule has 30 heavy (non-hydrogen) atoms. The van der Waals surface area contributed by atoms with E-state index in [1.165, 1.54) is 36.8 Å². The molecule has 4 rings (SSSR count). The minimum Gasteiger partial charge on any atom is -0.508 e. The maximum atomic E-state index is 9.73. The van der Waals surface area contributed by atoms with Crippen LogP contribution in [0.15, 0.2) is 89.9 Å². The van der Waals surface area contributed by atoms with Gasteiger partial charge in [-0.05, 0) is 48.2 Å². The zero-order valence-corrected chi connectivity index (χ0v) is 17.4. The van der Waals surface area contributed by atoms with Gasteiger partial charge in [-0.15, -0.1) is 0 Å². The first-order valence-corrected chi connectivity index (χ1v) is 11.0. The van der Waals surface area contributed by atoms with Crippen molar-refractivity contribution < 1.29 is 5.11 Å². The van der Waals surface area contributed by atoms with Crippen LogP contribution in [0.5, 0.6) is 5.75 Å². The van der Waals surface area contributed by atoms with Crippen molar-refractivity contribution in [3.63, 3.8) is 0 Å². The summed E-state index contributed by atoms with van der Waals surface area (Å²) in [4.78, 5) is 7.48. The van der Waals surface area contributed by atoms with E-state index in [9.17, 15) is 5.11 Å². The van der Waals surface area contributed by atoms with E-state index in [1.807, 2.05) is 18.3 Å². The Hall–Kier alpha value is -2.91. The second kappa shape index (κ2) is 10.2. The number of rotatable bonds is 6. The molecule has 1 aliphatic rings. The number of phenols is 1. The number of hydrogen-bond donors (Lipinski definition) is 1. The van der Waals surface area contributed by atoms with Crippen LogP contribution in [0.25, 0.3) is 0 Å². The number of likely N-dealkylation sites (tertiary alicyclic amines) is 1. The molecule has 1 heterocycles. The Bertz CT molecular complexity index is 939. The van der Waals surface area contributed by atoms with Crippen molar-refractivity contribution >= 4 is 6.21 Å². The van der Waals surface area contributed by atoms with E-state index in [4.69, 9.17) is 4.99 Å². The van der Waals surface area contributed by atoms with Crippen molar-refractivity contribution in [1.29, 1.82) is 0 Å². The Kier molecular flexibility index (Phi) is 6.94. The smallest absolute Gasteiger partial charge is 0.116 e. The third-order valence-corrected chi connectivity index (χ3v) is 5.95. The third kappa shape index (κ3) is 5.17. The molecule has 1 N–H and O–H groups in total. The fraction of sp³-hybridized carbons (Fsp3) is 0.296. The fourth-order valence-electron chi connectivity index (χ4n) is 4.48. The van der Waals surface area contributed by atoms with Crippen LogP contribution in [0.2, 0.25) is 0 Å². The van der Waals surface area contributed by atoms with Crippen molar-refractivity contribution in [3.8, 4) is 5.75 Å². The van der Waals surface area contributed by atoms with Crippen LogP contribution in [0.4, 0.5) is 0 Å². The lowest BCUT2D eigenvalue weighted by Gasteiger charge is -2.37. The average Bonchev–Trinajstić information content (AvgIpc) is 3.04. The molecule has 3 nitrogen and oxygen atoms in total. The van der Waals surface area contributed by atoms with Crippen LogP contribution in [0, 0.1) is 0 Å². The van der Waals surface area contributed by atoms with Crippen molar-refractivity contribution in [2.24, 2.45) is 4.99 Å². The van der Waals surface area contributed by atoms with E-state index in [1.54, 1.807) is 12.1 Å². The number of benzene rings is 3. The maximum Gasteiger partial charge on any atom is 0.116 e. The van der Waals surface area contributed by atoms with E-state index in [0.29, 0.717) is 12.6 Å². The molecule has 0 radical (unpaired) electrons. The number of aromatic hydroxyl groups is 1. The van der Waals surface area contributed by atoms with Gasteiger partial charge in [-0.25, -0.2) is 0 Å². The van der Waals surface area contributed by atoms with Crippen molar-refractivity contribution in [2.45, 2.75) is 37.8 Å². The number of hydrogen-bond acceptors (Lipinski definition) is 3. The van der Waals surface area contributed by atoms with Gasteiger partial charge in [0.05, 0.1) is 12.6 Å². The molecule has 1 aliphatic heterocycles. The largest absolute Gasteiger partial charge is 0.508 e. The summed E-state index contributed by atoms with van der Waals surface area (Å²) in [5.74, 6) is 0.273. The zero-order chi connectivity index (χ0) is 20.6. The third-order valence-electron chi connectivity index (χ3n) is 5.95. The highest BCUT2D eigenvalue weighted by atomic mass is 16.3. The summed E-state index contributed by atoms with van der Waals surface area (Å²) in [6.45, 7) is 1.78. The standard InChI is InChI=1S/C27H30N2O/c30-25-16-10-11-22(19-25)20-28-21-27(24-14-6-2-7-15-24)29-18-9-3-8-17-26(29)23-12-4-1-5-13-23/h1-2,4-7,10-16,19-20,26-27,30H,3,8-9,17-18,21H2/b28-20+/t26-,27-/m0/s1. The first-order chi connectivity index (χ1) is 14.8. The first-order valence-electron chi connectivity index (χ1n) is 11.0. The minimum atomic E-state index is 0.225. The van der Waals surface area contributed by atoms with Gasteiger partial charge in [-0.3, -0.25) is 9.89 Å². The molecule has 0 aliphatic carbocycles. The molecule has 154 valence electrons. The van der Waals surface area contributed by atoms with E-state index in [0.717, 1.165) is 12.1 Å². The van der Waals surface area contributed by atoms with E-state index in [-0.39, 0.29) is 11.8 Å². The topological polar surface area (TPSA) is 35.8 Å². The molecular formula is C27H30N2O. The molecule has 0 amide bonds. The Labute approximate surface area is 179 Å². The highest BCUT2D eigenvalue weighted by Crippen LogP contribution is 2.37. The molecule has 3 aromatic carbocycles. The molecule has 0 unspecified atom stereocenters. The summed E-state index contributed by atoms with van der Waals surface area (Å²) >= 11 is 0. The van der Waals surface area contributed by atoms with Crippen LogP contribution < -0.4 is 0 Å². The number of phenolic OH excluding ortho intramolecular Hbond substituents is 1. The lowest BCUT2D eigenvalue weighted by atomic mass is 9.97. The molecule has 3 heteroatoms. The summed E-state index contributed by atoms with van der Waals surface area (Å²) < 4.78 is 0. The second-order valence-electron chi connectivity index (χ2n) is 8.03. The molecule has 2 atom stereocenters. The van der Waals surface area contributed by atoms with Gasteiger partial charge in [0, 0.05) is 12.3 Å². The van der Waals surface area contributed by atoms with E-state index < -0.39 is 0 Å². The Morgan fingerprint density at radius 2 is 1.67 bits per heavy atom. The van der Waals surface area contributed by atoms with Crippen LogP contribution in [-0.4, -0.2) is 29.3 Å². The fourth-order valence-corrected chi connectivity index (χ4v) is 4.48. The maximum absolute atomic E-state index is 9.73. The molecule has 1 fully saturated rings.